The van der Waals surface area contributed by atoms with Crippen molar-refractivity contribution >= 4 is 11.9 Å². The Morgan fingerprint density at radius 2 is 1.23 bits per heavy atom. The Hall–Kier alpha value is -1.58. The molecule has 0 aromatic rings. The van der Waals surface area contributed by atoms with E-state index in [9.17, 15) is 9.59 Å². The van der Waals surface area contributed by atoms with Crippen LogP contribution in [0.15, 0.2) is 24.3 Å². The molecule has 0 radical (unpaired) electrons. The second-order valence-electron chi connectivity index (χ2n) is 5.64. The third-order valence-corrected chi connectivity index (χ3v) is 3.68. The van der Waals surface area contributed by atoms with E-state index in [0.717, 1.165) is 38.5 Å². The van der Waals surface area contributed by atoms with Crippen LogP contribution in [-0.4, -0.2) is 22.2 Å². The number of hydrogen-bond donors (Lipinski definition) is 2. The smallest absolute Gasteiger partial charge is 0.335 e. The first-order valence-electron chi connectivity index (χ1n) is 8.35. The van der Waals surface area contributed by atoms with Crippen molar-refractivity contribution in [3.63, 3.8) is 0 Å². The minimum absolute atomic E-state index is 0.294. The topological polar surface area (TPSA) is 74.6 Å². The molecule has 126 valence electrons. The molecule has 0 atom stereocenters. The van der Waals surface area contributed by atoms with Gasteiger partial charge in [0.1, 0.15) is 0 Å². The van der Waals surface area contributed by atoms with Crippen molar-refractivity contribution in [2.24, 2.45) is 0 Å². The van der Waals surface area contributed by atoms with E-state index >= 15 is 0 Å². The van der Waals surface area contributed by atoms with Crippen molar-refractivity contribution in [3.05, 3.63) is 24.3 Å². The summed E-state index contributed by atoms with van der Waals surface area (Å²) in [6.07, 6.45) is 15.4. The van der Waals surface area contributed by atoms with Gasteiger partial charge in [-0.15, -0.1) is 0 Å². The van der Waals surface area contributed by atoms with Crippen LogP contribution >= 0.6 is 0 Å². The monoisotopic (exact) mass is 310 g/mol. The number of allylic oxidation sites excluding steroid dienone is 1. The highest BCUT2D eigenvalue weighted by Gasteiger charge is 2.00. The van der Waals surface area contributed by atoms with Gasteiger partial charge in [-0.25, -0.2) is 4.79 Å². The lowest BCUT2D eigenvalue weighted by atomic mass is 10.0. The van der Waals surface area contributed by atoms with Gasteiger partial charge in [0.2, 0.25) is 0 Å². The third kappa shape index (κ3) is 13.4. The Balaban J connectivity index is 3.29. The van der Waals surface area contributed by atoms with Gasteiger partial charge in [0.05, 0.1) is 5.57 Å². The van der Waals surface area contributed by atoms with Crippen molar-refractivity contribution in [3.8, 4) is 0 Å². The molecule has 0 aliphatic carbocycles. The van der Waals surface area contributed by atoms with E-state index in [0.29, 0.717) is 12.0 Å². The number of aliphatic carboxylic acids is 2. The summed E-state index contributed by atoms with van der Waals surface area (Å²) in [5.41, 5.74) is 0.294. The van der Waals surface area contributed by atoms with Crippen LogP contribution in [0.2, 0.25) is 0 Å². The average Bonchev–Trinajstić information content (AvgIpc) is 2.47. The van der Waals surface area contributed by atoms with Crippen molar-refractivity contribution in [1.82, 2.24) is 0 Å². The van der Waals surface area contributed by atoms with Crippen LogP contribution < -0.4 is 0 Å². The van der Waals surface area contributed by atoms with Gasteiger partial charge in [-0.3, -0.25) is 4.79 Å². The van der Waals surface area contributed by atoms with Gasteiger partial charge in [-0.05, 0) is 19.3 Å². The molecule has 4 nitrogen and oxygen atoms in total. The Morgan fingerprint density at radius 1 is 0.773 bits per heavy atom. The highest BCUT2D eigenvalue weighted by molar-refractivity contribution is 5.89. The van der Waals surface area contributed by atoms with Gasteiger partial charge in [0, 0.05) is 6.42 Å². The van der Waals surface area contributed by atoms with Crippen LogP contribution in [0.25, 0.3) is 0 Å². The molecular weight excluding hydrogens is 280 g/mol. The fourth-order valence-electron chi connectivity index (χ4n) is 2.35. The van der Waals surface area contributed by atoms with Crippen molar-refractivity contribution < 1.29 is 19.8 Å². The Labute approximate surface area is 133 Å². The number of carboxylic acids is 2. The highest BCUT2D eigenvalue weighted by Crippen LogP contribution is 2.12. The number of rotatable bonds is 15. The lowest BCUT2D eigenvalue weighted by molar-refractivity contribution is -0.137. The molecule has 0 aliphatic rings. The summed E-state index contributed by atoms with van der Waals surface area (Å²) in [7, 11) is 0. The molecule has 0 saturated carbocycles. The fraction of sp³-hybridized carbons (Fsp3) is 0.667. The molecule has 0 aliphatic heterocycles. The summed E-state index contributed by atoms with van der Waals surface area (Å²) in [4.78, 5) is 21.1. The standard InChI is InChI=1S/C18H30O4/c1-2-16(18(21)22)14-12-10-8-6-4-3-5-7-9-11-13-15-17(19)20/h2,14H,1,3-13,15H2,(H,19,20)(H,21,22). The third-order valence-electron chi connectivity index (χ3n) is 3.68. The Kier molecular flexibility index (Phi) is 13.3. The zero-order valence-corrected chi connectivity index (χ0v) is 13.6. The summed E-state index contributed by atoms with van der Waals surface area (Å²) >= 11 is 0. The minimum Gasteiger partial charge on any atom is -0.481 e. The van der Waals surface area contributed by atoms with E-state index in [-0.39, 0.29) is 0 Å². The minimum atomic E-state index is -0.904. The van der Waals surface area contributed by atoms with E-state index < -0.39 is 11.9 Å². The maximum atomic E-state index is 10.7. The molecule has 0 aromatic carbocycles. The molecule has 0 aromatic heterocycles. The Bertz CT molecular complexity index is 358. The van der Waals surface area contributed by atoms with E-state index in [2.05, 4.69) is 6.58 Å². The average molecular weight is 310 g/mol. The molecule has 0 bridgehead atoms. The van der Waals surface area contributed by atoms with Crippen molar-refractivity contribution in [2.75, 3.05) is 0 Å². The molecular formula is C18H30O4. The molecule has 22 heavy (non-hydrogen) atoms. The molecule has 0 unspecified atom stereocenters. The molecule has 4 heteroatoms. The van der Waals surface area contributed by atoms with Crippen molar-refractivity contribution in [1.29, 1.82) is 0 Å². The van der Waals surface area contributed by atoms with E-state index in [4.69, 9.17) is 10.2 Å². The maximum Gasteiger partial charge on any atom is 0.335 e. The lowest BCUT2D eigenvalue weighted by Crippen LogP contribution is -1.96. The summed E-state index contributed by atoms with van der Waals surface area (Å²) in [5, 5.41) is 17.3. The maximum absolute atomic E-state index is 10.7. The largest absolute Gasteiger partial charge is 0.481 e. The molecule has 0 spiro atoms. The predicted octanol–water partition coefficient (Wildman–Crippen LogP) is 4.95. The lowest BCUT2D eigenvalue weighted by Gasteiger charge is -2.02. The fourth-order valence-corrected chi connectivity index (χ4v) is 2.35. The molecule has 0 fully saturated rings. The first-order chi connectivity index (χ1) is 10.6. The normalized spacial score (nSPS) is 11.4. The van der Waals surface area contributed by atoms with Gasteiger partial charge in [-0.1, -0.05) is 70.1 Å². The number of carboxylic acid groups (broad SMARTS) is 2. The van der Waals surface area contributed by atoms with E-state index in [1.165, 1.54) is 38.2 Å². The summed E-state index contributed by atoms with van der Waals surface area (Å²) in [5.74, 6) is -1.60. The second-order valence-corrected chi connectivity index (χ2v) is 5.64. The number of carbonyl (C=O) groups is 2. The SMILES string of the molecule is C=CC(=CCCCCCCCCCCCCC(=O)O)C(=O)O. The predicted molar refractivity (Wildman–Crippen MR) is 89.0 cm³/mol. The quantitative estimate of drug-likeness (QED) is 0.255. The number of hydrogen-bond acceptors (Lipinski definition) is 2. The van der Waals surface area contributed by atoms with Gasteiger partial charge in [0.25, 0.3) is 0 Å². The molecule has 2 N–H and O–H groups in total. The van der Waals surface area contributed by atoms with Gasteiger partial charge in [-0.2, -0.15) is 0 Å². The highest BCUT2D eigenvalue weighted by atomic mass is 16.4. The van der Waals surface area contributed by atoms with E-state index in [1.807, 2.05) is 0 Å². The van der Waals surface area contributed by atoms with Crippen LogP contribution in [0.3, 0.4) is 0 Å². The van der Waals surface area contributed by atoms with Crippen molar-refractivity contribution in [2.45, 2.75) is 77.0 Å². The van der Waals surface area contributed by atoms with Crippen LogP contribution in [0, 0.1) is 0 Å². The summed E-state index contributed by atoms with van der Waals surface area (Å²) < 4.78 is 0. The van der Waals surface area contributed by atoms with Crippen LogP contribution in [-0.2, 0) is 9.59 Å². The first-order valence-corrected chi connectivity index (χ1v) is 8.35. The molecule has 0 rings (SSSR count). The molecule has 0 amide bonds. The van der Waals surface area contributed by atoms with Crippen LogP contribution in [0.4, 0.5) is 0 Å². The number of unbranched alkanes of at least 4 members (excludes halogenated alkanes) is 10. The van der Waals surface area contributed by atoms with Gasteiger partial charge < -0.3 is 10.2 Å². The van der Waals surface area contributed by atoms with Crippen LogP contribution in [0.5, 0.6) is 0 Å². The molecule has 0 saturated heterocycles. The van der Waals surface area contributed by atoms with Crippen LogP contribution in [0.1, 0.15) is 77.0 Å². The van der Waals surface area contributed by atoms with Gasteiger partial charge >= 0.3 is 11.9 Å². The first kappa shape index (κ1) is 20.4. The molecule has 0 heterocycles. The zero-order valence-electron chi connectivity index (χ0n) is 13.6. The van der Waals surface area contributed by atoms with E-state index in [1.54, 1.807) is 6.08 Å². The Morgan fingerprint density at radius 3 is 1.64 bits per heavy atom. The van der Waals surface area contributed by atoms with Gasteiger partial charge in [0.15, 0.2) is 0 Å². The summed E-state index contributed by atoms with van der Waals surface area (Å²) in [6.45, 7) is 3.49. The zero-order chi connectivity index (χ0) is 16.6. The second kappa shape index (κ2) is 14.4. The summed E-state index contributed by atoms with van der Waals surface area (Å²) in [6, 6.07) is 0.